The maximum atomic E-state index is 11.9. The SMILES string of the molecule is CCCc1ccc(C(=CC(=O)OCC)C2CCCCC2)cc1. The summed E-state index contributed by atoms with van der Waals surface area (Å²) in [4.78, 5) is 11.9. The number of aryl methyl sites for hydroxylation is 1. The normalized spacial score (nSPS) is 16.5. The van der Waals surface area contributed by atoms with Crippen molar-refractivity contribution >= 4 is 11.5 Å². The van der Waals surface area contributed by atoms with Crippen LogP contribution < -0.4 is 0 Å². The van der Waals surface area contributed by atoms with Crippen LogP contribution in [0.15, 0.2) is 30.3 Å². The Morgan fingerprint density at radius 2 is 1.82 bits per heavy atom. The van der Waals surface area contributed by atoms with Gasteiger partial charge in [-0.2, -0.15) is 0 Å². The zero-order chi connectivity index (χ0) is 15.8. The molecule has 120 valence electrons. The van der Waals surface area contributed by atoms with E-state index in [9.17, 15) is 4.79 Å². The summed E-state index contributed by atoms with van der Waals surface area (Å²) in [6.07, 6.45) is 10.2. The molecule has 0 atom stereocenters. The molecule has 0 N–H and O–H groups in total. The van der Waals surface area contributed by atoms with Crippen molar-refractivity contribution in [1.29, 1.82) is 0 Å². The lowest BCUT2D eigenvalue weighted by Crippen LogP contribution is -2.11. The molecule has 1 aromatic carbocycles. The van der Waals surface area contributed by atoms with Gasteiger partial charge in [-0.1, -0.05) is 56.9 Å². The molecular formula is C20H28O2. The third-order valence-corrected chi connectivity index (χ3v) is 4.43. The molecule has 1 aliphatic carbocycles. The molecule has 0 amide bonds. The number of hydrogen-bond donors (Lipinski definition) is 0. The molecule has 0 aromatic heterocycles. The molecule has 1 aliphatic rings. The number of ether oxygens (including phenoxy) is 1. The minimum atomic E-state index is -0.208. The number of carbonyl (C=O) groups is 1. The lowest BCUT2D eigenvalue weighted by molar-refractivity contribution is -0.137. The minimum absolute atomic E-state index is 0.208. The van der Waals surface area contributed by atoms with Gasteiger partial charge in [-0.3, -0.25) is 0 Å². The summed E-state index contributed by atoms with van der Waals surface area (Å²) in [7, 11) is 0. The monoisotopic (exact) mass is 300 g/mol. The second-order valence-electron chi connectivity index (χ2n) is 6.13. The zero-order valence-corrected chi connectivity index (χ0v) is 13.9. The second kappa shape index (κ2) is 8.77. The fraction of sp³-hybridized carbons (Fsp3) is 0.550. The summed E-state index contributed by atoms with van der Waals surface area (Å²) in [6, 6.07) is 8.73. The molecule has 0 radical (unpaired) electrons. The fourth-order valence-corrected chi connectivity index (χ4v) is 3.31. The molecule has 1 saturated carbocycles. The predicted octanol–water partition coefficient (Wildman–Crippen LogP) is 5.17. The van der Waals surface area contributed by atoms with Crippen LogP contribution in [0.25, 0.3) is 5.57 Å². The molecule has 0 saturated heterocycles. The summed E-state index contributed by atoms with van der Waals surface area (Å²) in [5.41, 5.74) is 3.71. The highest BCUT2D eigenvalue weighted by Crippen LogP contribution is 2.35. The Labute approximate surface area is 134 Å². The number of rotatable bonds is 6. The van der Waals surface area contributed by atoms with Gasteiger partial charge in [0, 0.05) is 6.08 Å². The molecule has 0 aliphatic heterocycles. The number of benzene rings is 1. The molecular weight excluding hydrogens is 272 g/mol. The third-order valence-electron chi connectivity index (χ3n) is 4.43. The Kier molecular flexibility index (Phi) is 6.70. The lowest BCUT2D eigenvalue weighted by atomic mass is 9.80. The first-order valence-corrected chi connectivity index (χ1v) is 8.72. The summed E-state index contributed by atoms with van der Waals surface area (Å²) in [6.45, 7) is 4.48. The molecule has 1 aromatic rings. The van der Waals surface area contributed by atoms with Gasteiger partial charge in [-0.05, 0) is 48.8 Å². The molecule has 0 heterocycles. The lowest BCUT2D eigenvalue weighted by Gasteiger charge is -2.25. The maximum Gasteiger partial charge on any atom is 0.331 e. The van der Waals surface area contributed by atoms with Crippen LogP contribution in [0, 0.1) is 5.92 Å². The topological polar surface area (TPSA) is 26.3 Å². The first-order chi connectivity index (χ1) is 10.7. The summed E-state index contributed by atoms with van der Waals surface area (Å²) < 4.78 is 5.13. The average molecular weight is 300 g/mol. The van der Waals surface area contributed by atoms with E-state index in [1.807, 2.05) is 6.92 Å². The smallest absolute Gasteiger partial charge is 0.331 e. The largest absolute Gasteiger partial charge is 0.463 e. The third kappa shape index (κ3) is 4.72. The molecule has 0 spiro atoms. The van der Waals surface area contributed by atoms with E-state index in [0.717, 1.165) is 12.8 Å². The molecule has 2 heteroatoms. The van der Waals surface area contributed by atoms with Crippen molar-refractivity contribution in [3.63, 3.8) is 0 Å². The van der Waals surface area contributed by atoms with Gasteiger partial charge in [-0.25, -0.2) is 4.79 Å². The highest BCUT2D eigenvalue weighted by atomic mass is 16.5. The van der Waals surface area contributed by atoms with E-state index in [2.05, 4.69) is 31.2 Å². The number of hydrogen-bond acceptors (Lipinski definition) is 2. The van der Waals surface area contributed by atoms with Gasteiger partial charge in [0.1, 0.15) is 0 Å². The summed E-state index contributed by atoms with van der Waals surface area (Å²) >= 11 is 0. The van der Waals surface area contributed by atoms with E-state index in [1.165, 1.54) is 48.8 Å². The van der Waals surface area contributed by atoms with E-state index in [1.54, 1.807) is 6.08 Å². The number of esters is 1. The standard InChI is InChI=1S/C20H28O2/c1-3-8-16-11-13-18(14-12-16)19(15-20(21)22-4-2)17-9-6-5-7-10-17/h11-15,17H,3-10H2,1-2H3. The summed E-state index contributed by atoms with van der Waals surface area (Å²) in [5.74, 6) is 0.288. The van der Waals surface area contributed by atoms with Crippen molar-refractivity contribution in [1.82, 2.24) is 0 Å². The van der Waals surface area contributed by atoms with Crippen LogP contribution in [0.5, 0.6) is 0 Å². The maximum absolute atomic E-state index is 11.9. The van der Waals surface area contributed by atoms with Crippen molar-refractivity contribution in [3.8, 4) is 0 Å². The average Bonchev–Trinajstić information content (AvgIpc) is 2.55. The molecule has 1 fully saturated rings. The van der Waals surface area contributed by atoms with Crippen LogP contribution in [-0.2, 0) is 16.0 Å². The van der Waals surface area contributed by atoms with Crippen molar-refractivity contribution in [2.75, 3.05) is 6.61 Å². The van der Waals surface area contributed by atoms with Crippen LogP contribution in [0.1, 0.15) is 63.5 Å². The van der Waals surface area contributed by atoms with Gasteiger partial charge in [0.2, 0.25) is 0 Å². The molecule has 22 heavy (non-hydrogen) atoms. The van der Waals surface area contributed by atoms with E-state index >= 15 is 0 Å². The Morgan fingerprint density at radius 1 is 1.14 bits per heavy atom. The number of carbonyl (C=O) groups excluding carboxylic acids is 1. The Hall–Kier alpha value is -1.57. The summed E-state index contributed by atoms with van der Waals surface area (Å²) in [5, 5.41) is 0. The van der Waals surface area contributed by atoms with Crippen molar-refractivity contribution in [2.24, 2.45) is 5.92 Å². The molecule has 0 bridgehead atoms. The van der Waals surface area contributed by atoms with Gasteiger partial charge < -0.3 is 4.74 Å². The van der Waals surface area contributed by atoms with Gasteiger partial charge >= 0.3 is 5.97 Å². The Morgan fingerprint density at radius 3 is 2.41 bits per heavy atom. The molecule has 2 nitrogen and oxygen atoms in total. The molecule has 2 rings (SSSR count). The first-order valence-electron chi connectivity index (χ1n) is 8.72. The van der Waals surface area contributed by atoms with Crippen LogP contribution in [0.2, 0.25) is 0 Å². The zero-order valence-electron chi connectivity index (χ0n) is 13.9. The number of allylic oxidation sites excluding steroid dienone is 1. The van der Waals surface area contributed by atoms with Crippen LogP contribution in [0.4, 0.5) is 0 Å². The van der Waals surface area contributed by atoms with Gasteiger partial charge in [0.25, 0.3) is 0 Å². The van der Waals surface area contributed by atoms with E-state index < -0.39 is 0 Å². The van der Waals surface area contributed by atoms with Gasteiger partial charge in [0.05, 0.1) is 6.61 Å². The first kappa shape index (κ1) is 16.8. The van der Waals surface area contributed by atoms with Gasteiger partial charge in [-0.15, -0.1) is 0 Å². The Balaban J connectivity index is 2.24. The quantitative estimate of drug-likeness (QED) is 0.535. The van der Waals surface area contributed by atoms with E-state index in [-0.39, 0.29) is 5.97 Å². The van der Waals surface area contributed by atoms with Crippen LogP contribution in [-0.4, -0.2) is 12.6 Å². The Bertz CT molecular complexity index is 493. The molecule has 0 unspecified atom stereocenters. The van der Waals surface area contributed by atoms with Crippen molar-refractivity contribution in [3.05, 3.63) is 41.5 Å². The van der Waals surface area contributed by atoms with Crippen LogP contribution >= 0.6 is 0 Å². The second-order valence-corrected chi connectivity index (χ2v) is 6.13. The van der Waals surface area contributed by atoms with E-state index in [4.69, 9.17) is 4.74 Å². The van der Waals surface area contributed by atoms with Crippen molar-refractivity contribution < 1.29 is 9.53 Å². The fourth-order valence-electron chi connectivity index (χ4n) is 3.31. The van der Waals surface area contributed by atoms with E-state index in [0.29, 0.717) is 12.5 Å². The predicted molar refractivity (Wildman–Crippen MR) is 91.6 cm³/mol. The highest BCUT2D eigenvalue weighted by molar-refractivity contribution is 5.92. The minimum Gasteiger partial charge on any atom is -0.463 e. The van der Waals surface area contributed by atoms with Gasteiger partial charge in [0.15, 0.2) is 0 Å². The highest BCUT2D eigenvalue weighted by Gasteiger charge is 2.20. The van der Waals surface area contributed by atoms with Crippen molar-refractivity contribution in [2.45, 2.75) is 58.8 Å². The van der Waals surface area contributed by atoms with Crippen LogP contribution in [0.3, 0.4) is 0 Å².